The highest BCUT2D eigenvalue weighted by atomic mass is 31.2. The van der Waals surface area contributed by atoms with Crippen LogP contribution < -0.4 is 4.57 Å². The second kappa shape index (κ2) is 11.6. The van der Waals surface area contributed by atoms with Gasteiger partial charge in [-0.3, -0.25) is 9.13 Å². The van der Waals surface area contributed by atoms with Crippen molar-refractivity contribution in [1.82, 2.24) is 4.57 Å². The Balaban J connectivity index is 2.37. The first-order valence-electron chi connectivity index (χ1n) is 9.90. The van der Waals surface area contributed by atoms with Gasteiger partial charge in [0.15, 0.2) is 0 Å². The van der Waals surface area contributed by atoms with Crippen LogP contribution in [0.5, 0.6) is 0 Å². The first-order chi connectivity index (χ1) is 13.0. The largest absolute Gasteiger partial charge is 0.373 e. The van der Waals surface area contributed by atoms with Crippen molar-refractivity contribution in [1.29, 1.82) is 0 Å². The number of rotatable bonds is 15. The van der Waals surface area contributed by atoms with Crippen LogP contribution in [0.2, 0.25) is 0 Å². The van der Waals surface area contributed by atoms with Gasteiger partial charge in [-0.25, -0.2) is 9.13 Å². The zero-order valence-corrected chi connectivity index (χ0v) is 18.3. The molecule has 1 aromatic heterocycles. The van der Waals surface area contributed by atoms with Crippen molar-refractivity contribution in [2.24, 2.45) is 0 Å². The Hall–Kier alpha value is -0.530. The van der Waals surface area contributed by atoms with E-state index in [0.717, 1.165) is 19.3 Å². The maximum absolute atomic E-state index is 11.4. The number of aryl methyl sites for hydroxylation is 1. The Kier molecular flexibility index (Phi) is 10.6. The van der Waals surface area contributed by atoms with Gasteiger partial charge in [-0.05, 0) is 12.8 Å². The predicted molar refractivity (Wildman–Crippen MR) is 106 cm³/mol. The van der Waals surface area contributed by atoms with Crippen LogP contribution in [-0.2, 0) is 22.2 Å². The van der Waals surface area contributed by atoms with Crippen molar-refractivity contribution in [2.75, 3.05) is 0 Å². The molecule has 1 rings (SSSR count). The van der Waals surface area contributed by atoms with Crippen LogP contribution in [0.4, 0.5) is 0 Å². The first kappa shape index (κ1) is 25.5. The fourth-order valence-electron chi connectivity index (χ4n) is 3.05. The standard InChI is InChI=1S/C17H34N2O7P2/c1-2-3-4-5-6-7-8-9-10-11-12-18-13-14-19(16-18)15-17(20,27(21,22)23)28(24,25)26/h13-14,16,20H,2-12,15H2,1H3,(H3-,21,22,23,24,25,26)/p+1. The van der Waals surface area contributed by atoms with Gasteiger partial charge in [0.05, 0.1) is 6.54 Å². The number of aromatic nitrogens is 2. The summed E-state index contributed by atoms with van der Waals surface area (Å²) in [4.78, 5) is 36.8. The third kappa shape index (κ3) is 8.07. The molecule has 0 amide bonds. The molecular formula is C17H35N2O7P2+. The van der Waals surface area contributed by atoms with E-state index in [9.17, 15) is 33.8 Å². The number of nitrogens with zero attached hydrogens (tertiary/aromatic N) is 2. The highest BCUT2D eigenvalue weighted by Crippen LogP contribution is 2.67. The number of hydrogen-bond acceptors (Lipinski definition) is 3. The van der Waals surface area contributed by atoms with Gasteiger partial charge < -0.3 is 24.7 Å². The average Bonchev–Trinajstić information content (AvgIpc) is 3.01. The summed E-state index contributed by atoms with van der Waals surface area (Å²) in [6, 6.07) is 0. The minimum atomic E-state index is -5.45. The van der Waals surface area contributed by atoms with Gasteiger partial charge in [0.2, 0.25) is 6.33 Å². The summed E-state index contributed by atoms with van der Waals surface area (Å²) in [5, 5.41) is 6.52. The molecule has 0 aliphatic carbocycles. The second-order valence-electron chi connectivity index (χ2n) is 7.37. The Morgan fingerprint density at radius 2 is 1.32 bits per heavy atom. The normalized spacial score (nSPS) is 13.2. The lowest BCUT2D eigenvalue weighted by Gasteiger charge is -2.27. The molecule has 0 radical (unpaired) electrons. The number of imidazole rings is 1. The van der Waals surface area contributed by atoms with E-state index in [-0.39, 0.29) is 0 Å². The van der Waals surface area contributed by atoms with E-state index in [1.807, 2.05) is 0 Å². The Morgan fingerprint density at radius 1 is 0.857 bits per heavy atom. The highest BCUT2D eigenvalue weighted by molar-refractivity contribution is 7.72. The highest BCUT2D eigenvalue weighted by Gasteiger charge is 2.61. The van der Waals surface area contributed by atoms with E-state index in [1.165, 1.54) is 62.0 Å². The minimum Gasteiger partial charge on any atom is -0.365 e. The van der Waals surface area contributed by atoms with Crippen molar-refractivity contribution in [3.63, 3.8) is 0 Å². The average molecular weight is 441 g/mol. The molecule has 0 bridgehead atoms. The summed E-state index contributed by atoms with van der Waals surface area (Å²) in [5.74, 6) is 0. The predicted octanol–water partition coefficient (Wildman–Crippen LogP) is 2.70. The number of unbranched alkanes of at least 4 members (excludes halogenated alkanes) is 9. The van der Waals surface area contributed by atoms with Crippen molar-refractivity contribution < 1.29 is 38.4 Å². The molecule has 1 aromatic rings. The van der Waals surface area contributed by atoms with E-state index in [4.69, 9.17) is 0 Å². The molecule has 0 saturated heterocycles. The molecule has 11 heteroatoms. The summed E-state index contributed by atoms with van der Waals surface area (Å²) in [6.07, 6.45) is 16.7. The molecule has 1 heterocycles. The maximum Gasteiger partial charge on any atom is 0.373 e. The molecule has 164 valence electrons. The molecule has 0 aliphatic rings. The topological polar surface area (TPSA) is 144 Å². The van der Waals surface area contributed by atoms with Gasteiger partial charge in [-0.15, -0.1) is 0 Å². The Bertz CT molecular complexity index is 646. The van der Waals surface area contributed by atoms with Crippen LogP contribution >= 0.6 is 15.2 Å². The summed E-state index contributed by atoms with van der Waals surface area (Å²) in [5.41, 5.74) is 0. The number of hydrogen-bond donors (Lipinski definition) is 5. The fourth-order valence-corrected chi connectivity index (χ4v) is 5.10. The van der Waals surface area contributed by atoms with Crippen LogP contribution in [0.1, 0.15) is 71.1 Å². The third-order valence-electron chi connectivity index (χ3n) is 4.84. The molecule has 0 atom stereocenters. The molecule has 9 nitrogen and oxygen atoms in total. The van der Waals surface area contributed by atoms with Gasteiger partial charge in [0.25, 0.3) is 0 Å². The summed E-state index contributed by atoms with van der Waals surface area (Å²) in [7, 11) is -10.9. The maximum atomic E-state index is 11.4. The Labute approximate surface area is 166 Å². The third-order valence-corrected chi connectivity index (χ3v) is 8.56. The molecule has 0 fully saturated rings. The van der Waals surface area contributed by atoms with E-state index in [2.05, 4.69) is 6.92 Å². The molecule has 5 N–H and O–H groups in total. The quantitative estimate of drug-likeness (QED) is 0.160. The van der Waals surface area contributed by atoms with Gasteiger partial charge in [0.1, 0.15) is 18.9 Å². The molecule has 0 spiro atoms. The lowest BCUT2D eigenvalue weighted by atomic mass is 10.1. The van der Waals surface area contributed by atoms with E-state index in [0.29, 0.717) is 6.54 Å². The minimum absolute atomic E-state index is 0.688. The molecule has 0 unspecified atom stereocenters. The van der Waals surface area contributed by atoms with E-state index in [1.54, 1.807) is 10.8 Å². The second-order valence-corrected chi connectivity index (χ2v) is 11.4. The van der Waals surface area contributed by atoms with E-state index >= 15 is 0 Å². The monoisotopic (exact) mass is 441 g/mol. The SMILES string of the molecule is CCCCCCCCCCCCn1cc[n+](CC(O)(P(=O)(O)O)P(=O)(O)O)c1. The molecule has 28 heavy (non-hydrogen) atoms. The van der Waals surface area contributed by atoms with Crippen molar-refractivity contribution in [2.45, 2.75) is 89.3 Å². The first-order valence-corrected chi connectivity index (χ1v) is 13.1. The number of aliphatic hydroxyl groups is 1. The molecule has 0 aliphatic heterocycles. The van der Waals surface area contributed by atoms with Crippen LogP contribution in [-0.4, -0.2) is 34.3 Å². The summed E-state index contributed by atoms with van der Waals surface area (Å²) in [6.45, 7) is 2.00. The van der Waals surface area contributed by atoms with Crippen molar-refractivity contribution in [3.05, 3.63) is 18.7 Å². The smallest absolute Gasteiger partial charge is 0.365 e. The van der Waals surface area contributed by atoms with Gasteiger partial charge >= 0.3 is 20.3 Å². The zero-order chi connectivity index (χ0) is 21.3. The van der Waals surface area contributed by atoms with Crippen LogP contribution in [0.25, 0.3) is 0 Å². The van der Waals surface area contributed by atoms with Crippen molar-refractivity contribution in [3.8, 4) is 0 Å². The van der Waals surface area contributed by atoms with E-state index < -0.39 is 26.8 Å². The van der Waals surface area contributed by atoms with Gasteiger partial charge in [0, 0.05) is 0 Å². The molecule has 0 saturated carbocycles. The Morgan fingerprint density at radius 3 is 1.79 bits per heavy atom. The summed E-state index contributed by atoms with van der Waals surface area (Å²) < 4.78 is 25.8. The van der Waals surface area contributed by atoms with Gasteiger partial charge in [-0.2, -0.15) is 0 Å². The lowest BCUT2D eigenvalue weighted by Crippen LogP contribution is -2.46. The van der Waals surface area contributed by atoms with Crippen LogP contribution in [0, 0.1) is 0 Å². The summed E-state index contributed by atoms with van der Waals surface area (Å²) >= 11 is 0. The zero-order valence-electron chi connectivity index (χ0n) is 16.6. The molecule has 0 aromatic carbocycles. The molecular weight excluding hydrogens is 406 g/mol. The van der Waals surface area contributed by atoms with Crippen LogP contribution in [0.3, 0.4) is 0 Å². The van der Waals surface area contributed by atoms with Gasteiger partial charge in [-0.1, -0.05) is 58.3 Å². The lowest BCUT2D eigenvalue weighted by molar-refractivity contribution is -0.703. The van der Waals surface area contributed by atoms with Crippen LogP contribution in [0.15, 0.2) is 18.7 Å². The fraction of sp³-hybridized carbons (Fsp3) is 0.824. The van der Waals surface area contributed by atoms with Crippen molar-refractivity contribution >= 4 is 15.2 Å².